The summed E-state index contributed by atoms with van der Waals surface area (Å²) in [5.41, 5.74) is 2.36. The number of hydrogen-bond acceptors (Lipinski definition) is 4. The molecule has 1 saturated heterocycles. The number of nitrogens with one attached hydrogen (secondary N) is 2. The molecule has 170 valence electrons. The first-order valence-corrected chi connectivity index (χ1v) is 11.3. The highest BCUT2D eigenvalue weighted by molar-refractivity contribution is 14.0. The maximum absolute atomic E-state index is 9.61. The average Bonchev–Trinajstić information content (AvgIpc) is 3.54. The number of aliphatic hydroxyl groups excluding tert-OH is 1. The van der Waals surface area contributed by atoms with E-state index in [4.69, 9.17) is 9.73 Å². The number of rotatable bonds is 10. The molecule has 1 heterocycles. The molecule has 0 unspecified atom stereocenters. The van der Waals surface area contributed by atoms with Crippen molar-refractivity contribution >= 4 is 29.9 Å². The second-order valence-electron chi connectivity index (χ2n) is 8.41. The second kappa shape index (κ2) is 13.4. The maximum atomic E-state index is 9.61. The van der Waals surface area contributed by atoms with Crippen molar-refractivity contribution in [3.8, 4) is 5.75 Å². The quantitative estimate of drug-likeness (QED) is 0.188. The number of halogens is 1. The van der Waals surface area contributed by atoms with Gasteiger partial charge in [-0.05, 0) is 70.0 Å². The number of aryl methyl sites for hydroxylation is 1. The second-order valence-corrected chi connectivity index (χ2v) is 8.41. The fourth-order valence-corrected chi connectivity index (χ4v) is 3.58. The summed E-state index contributed by atoms with van der Waals surface area (Å²) in [6, 6.07) is 6.39. The Morgan fingerprint density at radius 2 is 1.97 bits per heavy atom. The molecule has 1 aliphatic heterocycles. The molecule has 3 N–H and O–H groups in total. The van der Waals surface area contributed by atoms with E-state index >= 15 is 0 Å². The van der Waals surface area contributed by atoms with Gasteiger partial charge in [-0.15, -0.1) is 24.0 Å². The minimum atomic E-state index is -0.100. The molecule has 1 saturated carbocycles. The molecule has 7 heteroatoms. The molecule has 30 heavy (non-hydrogen) atoms. The van der Waals surface area contributed by atoms with Gasteiger partial charge in [0.05, 0.1) is 19.3 Å². The molecule has 1 aliphatic carbocycles. The van der Waals surface area contributed by atoms with Crippen molar-refractivity contribution in [1.82, 2.24) is 15.5 Å². The van der Waals surface area contributed by atoms with E-state index in [9.17, 15) is 5.11 Å². The third-order valence-electron chi connectivity index (χ3n) is 5.65. The van der Waals surface area contributed by atoms with Gasteiger partial charge in [0.1, 0.15) is 5.75 Å². The fourth-order valence-electron chi connectivity index (χ4n) is 3.58. The van der Waals surface area contributed by atoms with E-state index in [0.29, 0.717) is 6.54 Å². The molecule has 1 aromatic rings. The standard InChI is InChI=1S/C23H38N4O2.HI/c1-3-24-23(25-11-4-12-27-13-9-21(28)10-14-27)26-16-20-8-5-18(2)15-22(20)29-17-19-6-7-19;/h5,8,15,19,21,28H,3-4,6-7,9-14,16-17H2,1-2H3,(H2,24,25,26);1H. The molecule has 6 nitrogen and oxygen atoms in total. The highest BCUT2D eigenvalue weighted by Crippen LogP contribution is 2.30. The molecule has 0 aromatic heterocycles. The van der Waals surface area contributed by atoms with Crippen LogP contribution >= 0.6 is 24.0 Å². The van der Waals surface area contributed by atoms with E-state index in [1.807, 2.05) is 0 Å². The lowest BCUT2D eigenvalue weighted by molar-refractivity contribution is 0.0823. The molecule has 0 atom stereocenters. The van der Waals surface area contributed by atoms with E-state index in [2.05, 4.69) is 47.6 Å². The fraction of sp³-hybridized carbons (Fsp3) is 0.696. The lowest BCUT2D eigenvalue weighted by atomic mass is 10.1. The van der Waals surface area contributed by atoms with Crippen LogP contribution in [0.1, 0.15) is 50.2 Å². The summed E-state index contributed by atoms with van der Waals surface area (Å²) in [6.45, 7) is 10.4. The summed E-state index contributed by atoms with van der Waals surface area (Å²) in [4.78, 5) is 7.22. The first-order chi connectivity index (χ1) is 14.1. The van der Waals surface area contributed by atoms with Crippen LogP contribution in [0.25, 0.3) is 0 Å². The predicted molar refractivity (Wildman–Crippen MR) is 134 cm³/mol. The number of piperidine rings is 1. The van der Waals surface area contributed by atoms with Crippen LogP contribution in [0.15, 0.2) is 23.2 Å². The summed E-state index contributed by atoms with van der Waals surface area (Å²) in [6.07, 6.45) is 5.37. The molecule has 1 aromatic carbocycles. The van der Waals surface area contributed by atoms with Gasteiger partial charge < -0.3 is 25.4 Å². The van der Waals surface area contributed by atoms with Crippen LogP contribution < -0.4 is 15.4 Å². The molecule has 0 radical (unpaired) electrons. The zero-order valence-electron chi connectivity index (χ0n) is 18.5. The summed E-state index contributed by atoms with van der Waals surface area (Å²) in [5, 5.41) is 16.4. The van der Waals surface area contributed by atoms with Crippen molar-refractivity contribution in [2.45, 2.75) is 58.6 Å². The van der Waals surface area contributed by atoms with Crippen molar-refractivity contribution in [1.29, 1.82) is 0 Å². The Morgan fingerprint density at radius 3 is 2.67 bits per heavy atom. The third-order valence-corrected chi connectivity index (χ3v) is 5.65. The molecule has 2 fully saturated rings. The van der Waals surface area contributed by atoms with Crippen molar-refractivity contribution in [3.05, 3.63) is 29.3 Å². The summed E-state index contributed by atoms with van der Waals surface area (Å²) < 4.78 is 6.07. The maximum Gasteiger partial charge on any atom is 0.191 e. The Kier molecular flexibility index (Phi) is 11.2. The highest BCUT2D eigenvalue weighted by atomic mass is 127. The van der Waals surface area contributed by atoms with Crippen LogP contribution in [0.4, 0.5) is 0 Å². The Morgan fingerprint density at radius 1 is 1.20 bits per heavy atom. The molecule has 0 spiro atoms. The molecular weight excluding hydrogens is 491 g/mol. The Hall–Kier alpha value is -1.06. The smallest absolute Gasteiger partial charge is 0.191 e. The largest absolute Gasteiger partial charge is 0.493 e. The lowest BCUT2D eigenvalue weighted by Crippen LogP contribution is -2.40. The number of guanidine groups is 1. The van der Waals surface area contributed by atoms with E-state index in [0.717, 1.165) is 81.8 Å². The number of aliphatic imine (C=N–C) groups is 1. The van der Waals surface area contributed by atoms with E-state index in [1.54, 1.807) is 0 Å². The van der Waals surface area contributed by atoms with E-state index in [-0.39, 0.29) is 30.1 Å². The zero-order chi connectivity index (χ0) is 20.5. The van der Waals surface area contributed by atoms with Gasteiger partial charge in [0.25, 0.3) is 0 Å². The number of likely N-dealkylation sites (tertiary alicyclic amines) is 1. The highest BCUT2D eigenvalue weighted by Gasteiger charge is 2.22. The van der Waals surface area contributed by atoms with Gasteiger partial charge in [0, 0.05) is 31.7 Å². The van der Waals surface area contributed by atoms with Crippen molar-refractivity contribution in [2.24, 2.45) is 10.9 Å². The number of benzene rings is 1. The summed E-state index contributed by atoms with van der Waals surface area (Å²) in [5.74, 6) is 2.58. The first-order valence-electron chi connectivity index (χ1n) is 11.3. The average molecular weight is 530 g/mol. The molecule has 3 rings (SSSR count). The molecule has 0 bridgehead atoms. The van der Waals surface area contributed by atoms with Gasteiger partial charge in [-0.2, -0.15) is 0 Å². The number of aliphatic hydroxyl groups is 1. The predicted octanol–water partition coefficient (Wildman–Crippen LogP) is 3.30. The van der Waals surface area contributed by atoms with E-state index in [1.165, 1.54) is 18.4 Å². The number of hydrogen-bond donors (Lipinski definition) is 3. The van der Waals surface area contributed by atoms with E-state index < -0.39 is 0 Å². The van der Waals surface area contributed by atoms with Crippen LogP contribution in [-0.4, -0.2) is 61.4 Å². The van der Waals surface area contributed by atoms with Crippen molar-refractivity contribution in [3.63, 3.8) is 0 Å². The van der Waals surface area contributed by atoms with Gasteiger partial charge in [-0.25, -0.2) is 4.99 Å². The van der Waals surface area contributed by atoms with Gasteiger partial charge in [0.15, 0.2) is 5.96 Å². The van der Waals surface area contributed by atoms with Crippen molar-refractivity contribution < 1.29 is 9.84 Å². The molecular formula is C23H39IN4O2. The number of ether oxygens (including phenoxy) is 1. The Balaban J connectivity index is 0.00000320. The van der Waals surface area contributed by atoms with Crippen LogP contribution in [-0.2, 0) is 6.54 Å². The lowest BCUT2D eigenvalue weighted by Gasteiger charge is -2.29. The molecule has 2 aliphatic rings. The summed E-state index contributed by atoms with van der Waals surface area (Å²) >= 11 is 0. The zero-order valence-corrected chi connectivity index (χ0v) is 20.9. The van der Waals surface area contributed by atoms with Crippen molar-refractivity contribution in [2.75, 3.05) is 39.3 Å². The van der Waals surface area contributed by atoms with Gasteiger partial charge in [0.2, 0.25) is 0 Å². The van der Waals surface area contributed by atoms with Gasteiger partial charge in [-0.1, -0.05) is 12.1 Å². The van der Waals surface area contributed by atoms with Crippen LogP contribution in [0, 0.1) is 12.8 Å². The van der Waals surface area contributed by atoms with Crippen LogP contribution in [0.3, 0.4) is 0 Å². The minimum absolute atomic E-state index is 0. The normalized spacial score (nSPS) is 18.0. The Bertz CT molecular complexity index is 659. The monoisotopic (exact) mass is 530 g/mol. The van der Waals surface area contributed by atoms with Gasteiger partial charge >= 0.3 is 0 Å². The van der Waals surface area contributed by atoms with Crippen LogP contribution in [0.5, 0.6) is 5.75 Å². The summed E-state index contributed by atoms with van der Waals surface area (Å²) in [7, 11) is 0. The molecule has 0 amide bonds. The topological polar surface area (TPSA) is 69.1 Å². The SMILES string of the molecule is CCNC(=NCc1ccc(C)cc1OCC1CC1)NCCCN1CCC(O)CC1.I. The van der Waals surface area contributed by atoms with Gasteiger partial charge in [-0.3, -0.25) is 0 Å². The number of nitrogens with zero attached hydrogens (tertiary/aromatic N) is 2. The first kappa shape index (κ1) is 25.2. The third kappa shape index (κ3) is 8.98. The minimum Gasteiger partial charge on any atom is -0.493 e. The van der Waals surface area contributed by atoms with Crippen LogP contribution in [0.2, 0.25) is 0 Å². The Labute approximate surface area is 198 Å².